The molecule has 0 radical (unpaired) electrons. The molecule has 7 nitrogen and oxygen atoms in total. The maximum atomic E-state index is 10.9. The zero-order chi connectivity index (χ0) is 25.4. The summed E-state index contributed by atoms with van der Waals surface area (Å²) in [7, 11) is 0. The molecular weight excluding hydrogens is 442 g/mol. The molecule has 188 valence electrons. The van der Waals surface area contributed by atoms with E-state index in [1.165, 1.54) is 11.1 Å². The van der Waals surface area contributed by atoms with Crippen LogP contribution >= 0.6 is 0 Å². The third-order valence-corrected chi connectivity index (χ3v) is 6.65. The van der Waals surface area contributed by atoms with Gasteiger partial charge in [-0.1, -0.05) is 30.3 Å². The van der Waals surface area contributed by atoms with Gasteiger partial charge in [-0.05, 0) is 87.1 Å². The molecule has 0 aliphatic heterocycles. The van der Waals surface area contributed by atoms with Crippen molar-refractivity contribution in [3.8, 4) is 11.8 Å². The van der Waals surface area contributed by atoms with E-state index in [9.17, 15) is 15.2 Å². The zero-order valence-corrected chi connectivity index (χ0v) is 20.7. The Morgan fingerprint density at radius 2 is 1.94 bits per heavy atom. The van der Waals surface area contributed by atoms with Crippen molar-refractivity contribution in [1.29, 1.82) is 5.26 Å². The summed E-state index contributed by atoms with van der Waals surface area (Å²) >= 11 is 0. The van der Waals surface area contributed by atoms with Crippen LogP contribution in [0.4, 0.5) is 0 Å². The second kappa shape index (κ2) is 12.2. The van der Waals surface area contributed by atoms with Gasteiger partial charge < -0.3 is 26.0 Å². The molecule has 3 rings (SSSR count). The number of hydrogen-bond acceptors (Lipinski definition) is 6. The number of aliphatic hydroxyl groups is 1. The fraction of sp³-hybridized carbons (Fsp3) is 0.500. The lowest BCUT2D eigenvalue weighted by molar-refractivity contribution is -0.138. The molecule has 5 N–H and O–H groups in total. The number of aliphatic hydroxyl groups excluding tert-OH is 1. The van der Waals surface area contributed by atoms with Crippen LogP contribution in [-0.2, 0) is 24.1 Å². The molecule has 0 aromatic heterocycles. The van der Waals surface area contributed by atoms with Gasteiger partial charge in [0, 0.05) is 12.1 Å². The number of fused-ring (bicyclic) bond motifs is 1. The number of nitriles is 1. The molecule has 2 aromatic rings. The lowest BCUT2D eigenvalue weighted by atomic mass is 9.88. The van der Waals surface area contributed by atoms with E-state index in [1.807, 2.05) is 6.07 Å². The van der Waals surface area contributed by atoms with E-state index in [2.05, 4.69) is 49.5 Å². The van der Waals surface area contributed by atoms with Crippen molar-refractivity contribution in [2.24, 2.45) is 11.7 Å². The fourth-order valence-corrected chi connectivity index (χ4v) is 4.81. The first-order valence-electron chi connectivity index (χ1n) is 12.3. The zero-order valence-electron chi connectivity index (χ0n) is 20.7. The molecule has 1 aliphatic rings. The molecule has 0 unspecified atom stereocenters. The Morgan fingerprint density at radius 3 is 2.57 bits per heavy atom. The number of rotatable bonds is 13. The van der Waals surface area contributed by atoms with Crippen molar-refractivity contribution in [2.75, 3.05) is 13.2 Å². The quantitative estimate of drug-likeness (QED) is 0.347. The van der Waals surface area contributed by atoms with Gasteiger partial charge in [0.05, 0.1) is 5.56 Å². The van der Waals surface area contributed by atoms with Gasteiger partial charge in [-0.25, -0.2) is 0 Å². The highest BCUT2D eigenvalue weighted by molar-refractivity contribution is 5.72. The summed E-state index contributed by atoms with van der Waals surface area (Å²) in [5.74, 6) is 0.0109. The Bertz CT molecular complexity index is 1020. The minimum Gasteiger partial charge on any atom is -0.489 e. The van der Waals surface area contributed by atoms with E-state index in [1.54, 1.807) is 12.1 Å². The molecule has 0 saturated heterocycles. The first-order valence-corrected chi connectivity index (χ1v) is 12.3. The van der Waals surface area contributed by atoms with Gasteiger partial charge in [0.15, 0.2) is 0 Å². The molecule has 0 fully saturated rings. The Balaban J connectivity index is 1.45. The van der Waals surface area contributed by atoms with Crippen LogP contribution in [-0.4, -0.2) is 47.0 Å². The minimum atomic E-state index is -1.01. The largest absolute Gasteiger partial charge is 0.489 e. The first-order chi connectivity index (χ1) is 16.7. The predicted molar refractivity (Wildman–Crippen MR) is 135 cm³/mol. The second-order valence-electron chi connectivity index (χ2n) is 10.3. The number of nitrogens with one attached hydrogen (secondary N) is 1. The van der Waals surface area contributed by atoms with E-state index in [-0.39, 0.29) is 12.1 Å². The van der Waals surface area contributed by atoms with Crippen LogP contribution in [0.2, 0.25) is 0 Å². The summed E-state index contributed by atoms with van der Waals surface area (Å²) < 4.78 is 5.81. The molecule has 35 heavy (non-hydrogen) atoms. The summed E-state index contributed by atoms with van der Waals surface area (Å²) in [4.78, 5) is 10.9. The van der Waals surface area contributed by atoms with Gasteiger partial charge in [-0.3, -0.25) is 4.79 Å². The average Bonchev–Trinajstić information content (AvgIpc) is 3.23. The minimum absolute atomic E-state index is 0.0694. The van der Waals surface area contributed by atoms with E-state index in [0.717, 1.165) is 24.8 Å². The van der Waals surface area contributed by atoms with Crippen LogP contribution in [0.3, 0.4) is 0 Å². The second-order valence-corrected chi connectivity index (χ2v) is 10.3. The smallest absolute Gasteiger partial charge is 0.320 e. The van der Waals surface area contributed by atoms with Crippen LogP contribution < -0.4 is 15.8 Å². The Labute approximate surface area is 207 Å². The topological polar surface area (TPSA) is 129 Å². The highest BCUT2D eigenvalue weighted by Crippen LogP contribution is 2.32. The summed E-state index contributed by atoms with van der Waals surface area (Å²) in [5, 5.41) is 32.3. The van der Waals surface area contributed by atoms with Crippen molar-refractivity contribution in [2.45, 2.75) is 70.1 Å². The molecule has 7 heteroatoms. The third-order valence-electron chi connectivity index (χ3n) is 6.65. The monoisotopic (exact) mass is 479 g/mol. The Kier molecular flexibility index (Phi) is 9.27. The maximum absolute atomic E-state index is 10.9. The lowest BCUT2D eigenvalue weighted by Crippen LogP contribution is -2.46. The van der Waals surface area contributed by atoms with E-state index < -0.39 is 18.1 Å². The van der Waals surface area contributed by atoms with Gasteiger partial charge in [0.2, 0.25) is 0 Å². The van der Waals surface area contributed by atoms with Crippen LogP contribution in [0, 0.1) is 17.2 Å². The number of nitrogens with two attached hydrogens (primary N) is 1. The number of carboxylic acid groups (broad SMARTS) is 1. The number of hydrogen-bond donors (Lipinski definition) is 4. The molecule has 2 aromatic carbocycles. The fourth-order valence-electron chi connectivity index (χ4n) is 4.81. The van der Waals surface area contributed by atoms with Crippen LogP contribution in [0.15, 0.2) is 42.5 Å². The van der Waals surface area contributed by atoms with E-state index >= 15 is 0 Å². The SMILES string of the molecule is CC(C)(CC1Cc2ccccc2C1)NC[C@H](O)COc1cc(CCC[C@@H](N)C(=O)O)ccc1C#N. The molecule has 0 spiro atoms. The molecular formula is C28H37N3O4. The van der Waals surface area contributed by atoms with Crippen molar-refractivity contribution < 1.29 is 19.7 Å². The maximum Gasteiger partial charge on any atom is 0.320 e. The van der Waals surface area contributed by atoms with Crippen LogP contribution in [0.5, 0.6) is 5.75 Å². The van der Waals surface area contributed by atoms with Gasteiger partial charge in [-0.2, -0.15) is 5.26 Å². The van der Waals surface area contributed by atoms with Crippen molar-refractivity contribution in [3.63, 3.8) is 0 Å². The normalized spacial score (nSPS) is 15.3. The molecule has 0 saturated carbocycles. The average molecular weight is 480 g/mol. The summed E-state index contributed by atoms with van der Waals surface area (Å²) in [6.07, 6.45) is 4.11. The van der Waals surface area contributed by atoms with Gasteiger partial charge in [0.1, 0.15) is 30.6 Å². The predicted octanol–water partition coefficient (Wildman–Crippen LogP) is 3.21. The summed E-state index contributed by atoms with van der Waals surface area (Å²) in [5.41, 5.74) is 9.66. The van der Waals surface area contributed by atoms with Gasteiger partial charge in [-0.15, -0.1) is 0 Å². The molecule has 1 aliphatic carbocycles. The number of carboxylic acids is 1. The Morgan fingerprint density at radius 1 is 1.26 bits per heavy atom. The van der Waals surface area contributed by atoms with Crippen molar-refractivity contribution in [1.82, 2.24) is 5.32 Å². The molecule has 2 atom stereocenters. The van der Waals surface area contributed by atoms with Crippen LogP contribution in [0.1, 0.15) is 55.4 Å². The standard InChI is InChI=1S/C28H37N3O4/c1-28(2,15-20-12-21-7-3-4-8-22(21)13-20)31-17-24(32)18-35-26-14-19(10-11-23(26)16-29)6-5-9-25(30)27(33)34/h3-4,7-8,10-11,14,20,24-25,31-32H,5-6,9,12-13,15,17-18,30H2,1-2H3,(H,33,34)/t24-,25+/m0/s1. The van der Waals surface area contributed by atoms with Gasteiger partial charge in [0.25, 0.3) is 0 Å². The summed E-state index contributed by atoms with van der Waals surface area (Å²) in [6, 6.07) is 15.2. The van der Waals surface area contributed by atoms with Crippen molar-refractivity contribution >= 4 is 5.97 Å². The Hall–Kier alpha value is -2.92. The molecule has 0 bridgehead atoms. The third kappa shape index (κ3) is 8.07. The highest BCUT2D eigenvalue weighted by atomic mass is 16.5. The lowest BCUT2D eigenvalue weighted by Gasteiger charge is -2.30. The number of carbonyl (C=O) groups is 1. The van der Waals surface area contributed by atoms with E-state index in [4.69, 9.17) is 15.6 Å². The number of nitrogens with zero attached hydrogens (tertiary/aromatic N) is 1. The number of benzene rings is 2. The highest BCUT2D eigenvalue weighted by Gasteiger charge is 2.28. The number of ether oxygens (including phenoxy) is 1. The van der Waals surface area contributed by atoms with Crippen LogP contribution in [0.25, 0.3) is 0 Å². The van der Waals surface area contributed by atoms with Crippen molar-refractivity contribution in [3.05, 3.63) is 64.7 Å². The summed E-state index contributed by atoms with van der Waals surface area (Å²) in [6.45, 7) is 4.79. The molecule has 0 amide bonds. The van der Waals surface area contributed by atoms with E-state index in [0.29, 0.717) is 43.0 Å². The molecule has 0 heterocycles. The first kappa shape index (κ1) is 26.7. The number of aliphatic carboxylic acids is 1. The number of β-amino-alcohol motifs (C(OH)–C–C–N with tert-alkyl or cyclic N) is 1. The number of aryl methyl sites for hydroxylation is 1. The van der Waals surface area contributed by atoms with Gasteiger partial charge >= 0.3 is 5.97 Å².